The molecular weight excluding hydrogens is 282 g/mol. The number of ether oxygens (including phenoxy) is 2. The summed E-state index contributed by atoms with van der Waals surface area (Å²) in [6.07, 6.45) is 0. The number of carboxylic acid groups (broad SMARTS) is 1. The number of methoxy groups -OCH3 is 1. The van der Waals surface area contributed by atoms with Crippen molar-refractivity contribution in [3.05, 3.63) is 59.2 Å². The van der Waals surface area contributed by atoms with E-state index >= 15 is 0 Å². The molecule has 0 aliphatic heterocycles. The summed E-state index contributed by atoms with van der Waals surface area (Å²) in [4.78, 5) is 10.9. The van der Waals surface area contributed by atoms with Gasteiger partial charge in [0, 0.05) is 6.07 Å². The summed E-state index contributed by atoms with van der Waals surface area (Å²) >= 11 is 0. The Balaban J connectivity index is 2.17. The molecule has 110 valence electrons. The Morgan fingerprint density at radius 2 is 1.76 bits per heavy atom. The van der Waals surface area contributed by atoms with E-state index in [9.17, 15) is 13.6 Å². The van der Waals surface area contributed by atoms with Gasteiger partial charge in [0.05, 0.1) is 12.7 Å². The standard InChI is InChI=1S/C15H12F2O4/c1-20-14-6-10(15(18)19)2-3-13(14)21-8-9-4-11(16)7-12(17)5-9/h2-7H,8H2,1H3,(H,18,19). The van der Waals surface area contributed by atoms with E-state index in [1.807, 2.05) is 0 Å². The van der Waals surface area contributed by atoms with Crippen LogP contribution in [0.2, 0.25) is 0 Å². The molecule has 0 aliphatic rings. The van der Waals surface area contributed by atoms with Gasteiger partial charge in [-0.2, -0.15) is 0 Å². The molecule has 2 aromatic rings. The molecule has 2 aromatic carbocycles. The van der Waals surface area contributed by atoms with E-state index in [0.717, 1.165) is 18.2 Å². The topological polar surface area (TPSA) is 55.8 Å². The summed E-state index contributed by atoms with van der Waals surface area (Å²) in [5.74, 6) is -1.96. The van der Waals surface area contributed by atoms with Gasteiger partial charge in [-0.15, -0.1) is 0 Å². The summed E-state index contributed by atoms with van der Waals surface area (Å²) in [5, 5.41) is 8.88. The Bertz CT molecular complexity index is 650. The van der Waals surface area contributed by atoms with E-state index in [2.05, 4.69) is 0 Å². The summed E-state index contributed by atoms with van der Waals surface area (Å²) in [5.41, 5.74) is 0.368. The maximum absolute atomic E-state index is 13.1. The number of hydrogen-bond acceptors (Lipinski definition) is 3. The fourth-order valence-electron chi connectivity index (χ4n) is 1.78. The van der Waals surface area contributed by atoms with Gasteiger partial charge in [-0.05, 0) is 35.9 Å². The largest absolute Gasteiger partial charge is 0.493 e. The lowest BCUT2D eigenvalue weighted by Crippen LogP contribution is -2.01. The van der Waals surface area contributed by atoms with Crippen LogP contribution in [0, 0.1) is 11.6 Å². The highest BCUT2D eigenvalue weighted by Gasteiger charge is 2.10. The summed E-state index contributed by atoms with van der Waals surface area (Å²) < 4.78 is 36.6. The fraction of sp³-hybridized carbons (Fsp3) is 0.133. The van der Waals surface area contributed by atoms with Crippen LogP contribution in [0.25, 0.3) is 0 Å². The van der Waals surface area contributed by atoms with Gasteiger partial charge in [-0.25, -0.2) is 13.6 Å². The van der Waals surface area contributed by atoms with Crippen LogP contribution in [0.4, 0.5) is 8.78 Å². The zero-order valence-electron chi connectivity index (χ0n) is 11.1. The predicted octanol–water partition coefficient (Wildman–Crippen LogP) is 3.25. The summed E-state index contributed by atoms with van der Waals surface area (Å²) in [7, 11) is 1.37. The lowest BCUT2D eigenvalue weighted by atomic mass is 10.2. The van der Waals surface area contributed by atoms with Crippen molar-refractivity contribution in [3.63, 3.8) is 0 Å². The van der Waals surface area contributed by atoms with Crippen molar-refractivity contribution in [1.82, 2.24) is 0 Å². The van der Waals surface area contributed by atoms with Gasteiger partial charge in [0.25, 0.3) is 0 Å². The molecule has 0 heterocycles. The fourth-order valence-corrected chi connectivity index (χ4v) is 1.78. The smallest absolute Gasteiger partial charge is 0.335 e. The highest BCUT2D eigenvalue weighted by atomic mass is 19.1. The van der Waals surface area contributed by atoms with E-state index in [1.165, 1.54) is 25.3 Å². The molecule has 0 fully saturated rings. The number of carbonyl (C=O) groups is 1. The molecule has 2 rings (SSSR count). The van der Waals surface area contributed by atoms with Crippen LogP contribution in [0.3, 0.4) is 0 Å². The summed E-state index contributed by atoms with van der Waals surface area (Å²) in [6.45, 7) is -0.0720. The van der Waals surface area contributed by atoms with Gasteiger partial charge in [0.2, 0.25) is 0 Å². The number of hydrogen-bond donors (Lipinski definition) is 1. The molecule has 0 aromatic heterocycles. The lowest BCUT2D eigenvalue weighted by molar-refractivity contribution is 0.0696. The van der Waals surface area contributed by atoms with Crippen molar-refractivity contribution in [2.24, 2.45) is 0 Å². The molecule has 6 heteroatoms. The SMILES string of the molecule is COc1cc(C(=O)O)ccc1OCc1cc(F)cc(F)c1. The van der Waals surface area contributed by atoms with Crippen molar-refractivity contribution in [3.8, 4) is 11.5 Å². The third-order valence-electron chi connectivity index (χ3n) is 2.73. The molecule has 0 bridgehead atoms. The molecule has 0 saturated carbocycles. The quantitative estimate of drug-likeness (QED) is 0.919. The number of carboxylic acids is 1. The van der Waals surface area contributed by atoms with Crippen LogP contribution in [-0.2, 0) is 6.61 Å². The third kappa shape index (κ3) is 3.68. The second kappa shape index (κ2) is 6.21. The first-order valence-electron chi connectivity index (χ1n) is 5.98. The number of aromatic carboxylic acids is 1. The van der Waals surface area contributed by atoms with E-state index < -0.39 is 17.6 Å². The molecule has 0 aliphatic carbocycles. The third-order valence-corrected chi connectivity index (χ3v) is 2.73. The minimum atomic E-state index is -1.09. The van der Waals surface area contributed by atoms with Crippen LogP contribution >= 0.6 is 0 Å². The van der Waals surface area contributed by atoms with Crippen molar-refractivity contribution < 1.29 is 28.2 Å². The molecule has 0 unspecified atom stereocenters. The van der Waals surface area contributed by atoms with E-state index in [-0.39, 0.29) is 23.7 Å². The Morgan fingerprint density at radius 3 is 2.33 bits per heavy atom. The van der Waals surface area contributed by atoms with Gasteiger partial charge in [-0.3, -0.25) is 0 Å². The van der Waals surface area contributed by atoms with Crippen LogP contribution < -0.4 is 9.47 Å². The van der Waals surface area contributed by atoms with Crippen molar-refractivity contribution in [1.29, 1.82) is 0 Å². The van der Waals surface area contributed by atoms with Gasteiger partial charge in [0.1, 0.15) is 18.2 Å². The Labute approximate surface area is 119 Å². The van der Waals surface area contributed by atoms with Crippen LogP contribution in [0.15, 0.2) is 36.4 Å². The monoisotopic (exact) mass is 294 g/mol. The minimum absolute atomic E-state index is 0.0519. The van der Waals surface area contributed by atoms with Gasteiger partial charge >= 0.3 is 5.97 Å². The first-order valence-corrected chi connectivity index (χ1v) is 5.98. The molecule has 21 heavy (non-hydrogen) atoms. The van der Waals surface area contributed by atoms with Crippen LogP contribution in [-0.4, -0.2) is 18.2 Å². The van der Waals surface area contributed by atoms with Crippen molar-refractivity contribution in [2.75, 3.05) is 7.11 Å². The normalized spacial score (nSPS) is 10.2. The lowest BCUT2D eigenvalue weighted by Gasteiger charge is -2.11. The molecule has 0 saturated heterocycles. The molecular formula is C15H12F2O4. The van der Waals surface area contributed by atoms with Crippen molar-refractivity contribution in [2.45, 2.75) is 6.61 Å². The van der Waals surface area contributed by atoms with Crippen LogP contribution in [0.1, 0.15) is 15.9 Å². The van der Waals surface area contributed by atoms with Crippen molar-refractivity contribution >= 4 is 5.97 Å². The average Bonchev–Trinajstić information content (AvgIpc) is 2.43. The van der Waals surface area contributed by atoms with Crippen LogP contribution in [0.5, 0.6) is 11.5 Å². The first kappa shape index (κ1) is 14.8. The maximum atomic E-state index is 13.1. The maximum Gasteiger partial charge on any atom is 0.335 e. The Kier molecular flexibility index (Phi) is 4.37. The Morgan fingerprint density at radius 1 is 1.10 bits per heavy atom. The zero-order valence-corrected chi connectivity index (χ0v) is 11.1. The van der Waals surface area contributed by atoms with E-state index in [4.69, 9.17) is 14.6 Å². The van der Waals surface area contributed by atoms with Gasteiger partial charge < -0.3 is 14.6 Å². The minimum Gasteiger partial charge on any atom is -0.493 e. The van der Waals surface area contributed by atoms with Gasteiger partial charge in [0.15, 0.2) is 11.5 Å². The second-order valence-corrected chi connectivity index (χ2v) is 4.24. The molecule has 4 nitrogen and oxygen atoms in total. The van der Waals surface area contributed by atoms with Gasteiger partial charge in [-0.1, -0.05) is 0 Å². The first-order chi connectivity index (χ1) is 9.99. The molecule has 1 N–H and O–H groups in total. The Hall–Kier alpha value is -2.63. The second-order valence-electron chi connectivity index (χ2n) is 4.24. The van der Waals surface area contributed by atoms with E-state index in [0.29, 0.717) is 5.56 Å². The molecule has 0 spiro atoms. The summed E-state index contributed by atoms with van der Waals surface area (Å²) in [6, 6.07) is 7.17. The highest BCUT2D eigenvalue weighted by Crippen LogP contribution is 2.29. The predicted molar refractivity (Wildman–Crippen MR) is 70.6 cm³/mol. The number of rotatable bonds is 5. The number of benzene rings is 2. The van der Waals surface area contributed by atoms with E-state index in [1.54, 1.807) is 0 Å². The average molecular weight is 294 g/mol. The zero-order chi connectivity index (χ0) is 15.4. The molecule has 0 radical (unpaired) electrons. The molecule has 0 atom stereocenters. The number of halogens is 2. The highest BCUT2D eigenvalue weighted by molar-refractivity contribution is 5.88. The molecule has 0 amide bonds.